The molecule has 8 heteroatoms. The van der Waals surface area contributed by atoms with Crippen molar-refractivity contribution in [3.05, 3.63) is 0 Å². The van der Waals surface area contributed by atoms with E-state index in [1.165, 1.54) is 6.26 Å². The summed E-state index contributed by atoms with van der Waals surface area (Å²) < 4.78 is 33.4. The van der Waals surface area contributed by atoms with Gasteiger partial charge in [0.1, 0.15) is 0 Å². The topological polar surface area (TPSA) is 89.0 Å². The molecule has 130 valence electrons. The smallest absolute Gasteiger partial charge is 0.191 e. The molecule has 0 aromatic rings. The largest absolute Gasteiger partial charge is 0.379 e. The van der Waals surface area contributed by atoms with Crippen LogP contribution in [0.15, 0.2) is 4.99 Å². The minimum Gasteiger partial charge on any atom is -0.379 e. The number of hydrogen-bond acceptors (Lipinski definition) is 5. The highest BCUT2D eigenvalue weighted by Crippen LogP contribution is 2.13. The lowest BCUT2D eigenvalue weighted by atomic mass is 10.2. The Hall–Kier alpha value is -0.860. The molecule has 1 heterocycles. The summed E-state index contributed by atoms with van der Waals surface area (Å²) in [5.74, 6) is 0.598. The van der Waals surface area contributed by atoms with Gasteiger partial charge in [0.15, 0.2) is 15.8 Å². The molecule has 7 nitrogen and oxygen atoms in total. The molecule has 0 radical (unpaired) electrons. The fourth-order valence-corrected chi connectivity index (χ4v) is 2.16. The maximum atomic E-state index is 11.7. The normalized spacial score (nSPS) is 20.2. The van der Waals surface area contributed by atoms with Gasteiger partial charge in [0.2, 0.25) is 0 Å². The van der Waals surface area contributed by atoms with E-state index in [1.54, 1.807) is 20.9 Å². The van der Waals surface area contributed by atoms with Crippen molar-refractivity contribution in [1.82, 2.24) is 10.6 Å². The number of guanidine groups is 1. The monoisotopic (exact) mass is 335 g/mol. The second-order valence-corrected chi connectivity index (χ2v) is 8.74. The van der Waals surface area contributed by atoms with Crippen LogP contribution >= 0.6 is 0 Å². The number of nitrogens with one attached hydrogen (secondary N) is 2. The molecule has 1 aliphatic rings. The van der Waals surface area contributed by atoms with Crippen LogP contribution in [-0.4, -0.2) is 71.4 Å². The van der Waals surface area contributed by atoms with E-state index in [4.69, 9.17) is 9.47 Å². The highest BCUT2D eigenvalue weighted by Gasteiger charge is 2.30. The minimum absolute atomic E-state index is 0.230. The quantitative estimate of drug-likeness (QED) is 0.373. The Morgan fingerprint density at radius 2 is 2.14 bits per heavy atom. The van der Waals surface area contributed by atoms with Crippen LogP contribution in [0.3, 0.4) is 0 Å². The Labute approximate surface area is 133 Å². The summed E-state index contributed by atoms with van der Waals surface area (Å²) in [5.41, 5.74) is 0. The van der Waals surface area contributed by atoms with Gasteiger partial charge >= 0.3 is 0 Å². The number of nitrogens with zero attached hydrogens (tertiary/aromatic N) is 1. The molecule has 0 aromatic heterocycles. The Balaban J connectivity index is 2.19. The van der Waals surface area contributed by atoms with Crippen LogP contribution in [0.4, 0.5) is 0 Å². The first-order valence-electron chi connectivity index (χ1n) is 7.60. The van der Waals surface area contributed by atoms with Gasteiger partial charge in [-0.05, 0) is 26.7 Å². The number of ether oxygens (including phenoxy) is 2. The van der Waals surface area contributed by atoms with Crippen molar-refractivity contribution in [3.8, 4) is 0 Å². The van der Waals surface area contributed by atoms with E-state index in [0.717, 1.165) is 19.4 Å². The number of rotatable bonds is 8. The lowest BCUT2D eigenvalue weighted by Crippen LogP contribution is -2.47. The molecule has 0 aliphatic carbocycles. The molecule has 1 saturated heterocycles. The Morgan fingerprint density at radius 3 is 2.68 bits per heavy atom. The molecule has 0 spiro atoms. The van der Waals surface area contributed by atoms with Gasteiger partial charge < -0.3 is 20.1 Å². The SMILES string of the molecule is CN=C(NCCCOC1CCOC1)NCC(C)(C)S(C)(=O)=O. The third kappa shape index (κ3) is 6.50. The van der Waals surface area contributed by atoms with E-state index in [9.17, 15) is 8.42 Å². The Bertz CT molecular complexity index is 457. The van der Waals surface area contributed by atoms with Crippen molar-refractivity contribution in [3.63, 3.8) is 0 Å². The van der Waals surface area contributed by atoms with E-state index in [0.29, 0.717) is 32.3 Å². The van der Waals surface area contributed by atoms with Gasteiger partial charge in [-0.3, -0.25) is 4.99 Å². The van der Waals surface area contributed by atoms with Crippen LogP contribution in [0.25, 0.3) is 0 Å². The summed E-state index contributed by atoms with van der Waals surface area (Å²) in [5, 5.41) is 6.20. The zero-order valence-electron chi connectivity index (χ0n) is 14.0. The van der Waals surface area contributed by atoms with E-state index in [-0.39, 0.29) is 6.10 Å². The maximum absolute atomic E-state index is 11.7. The predicted molar refractivity (Wildman–Crippen MR) is 88.1 cm³/mol. The summed E-state index contributed by atoms with van der Waals surface area (Å²) in [6, 6.07) is 0. The van der Waals surface area contributed by atoms with E-state index in [1.807, 2.05) is 0 Å². The Kier molecular flexibility index (Phi) is 7.58. The summed E-state index contributed by atoms with van der Waals surface area (Å²) in [6.45, 7) is 6.56. The van der Waals surface area contributed by atoms with Crippen molar-refractivity contribution in [2.24, 2.45) is 4.99 Å². The van der Waals surface area contributed by atoms with Gasteiger partial charge in [0, 0.05) is 39.6 Å². The van der Waals surface area contributed by atoms with E-state index >= 15 is 0 Å². The van der Waals surface area contributed by atoms with Gasteiger partial charge in [-0.15, -0.1) is 0 Å². The first-order valence-corrected chi connectivity index (χ1v) is 9.49. The zero-order chi connectivity index (χ0) is 16.6. The highest BCUT2D eigenvalue weighted by atomic mass is 32.2. The van der Waals surface area contributed by atoms with Gasteiger partial charge in [0.05, 0.1) is 17.5 Å². The van der Waals surface area contributed by atoms with Crippen molar-refractivity contribution < 1.29 is 17.9 Å². The van der Waals surface area contributed by atoms with Crippen LogP contribution in [0.2, 0.25) is 0 Å². The van der Waals surface area contributed by atoms with Crippen molar-refractivity contribution in [2.45, 2.75) is 37.5 Å². The molecule has 1 aliphatic heterocycles. The molecular weight excluding hydrogens is 306 g/mol. The van der Waals surface area contributed by atoms with Crippen LogP contribution < -0.4 is 10.6 Å². The van der Waals surface area contributed by atoms with Crippen LogP contribution in [0, 0.1) is 0 Å². The maximum Gasteiger partial charge on any atom is 0.191 e. The van der Waals surface area contributed by atoms with Crippen LogP contribution in [-0.2, 0) is 19.3 Å². The molecular formula is C14H29N3O4S. The summed E-state index contributed by atoms with van der Waals surface area (Å²) in [6.07, 6.45) is 3.30. The van der Waals surface area contributed by atoms with Gasteiger partial charge in [-0.2, -0.15) is 0 Å². The lowest BCUT2D eigenvalue weighted by Gasteiger charge is -2.24. The number of aliphatic imine (C=N–C) groups is 1. The molecule has 1 unspecified atom stereocenters. The molecule has 1 fully saturated rings. The van der Waals surface area contributed by atoms with Gasteiger partial charge in [-0.1, -0.05) is 0 Å². The molecule has 0 saturated carbocycles. The molecule has 1 rings (SSSR count). The lowest BCUT2D eigenvalue weighted by molar-refractivity contribution is 0.0420. The van der Waals surface area contributed by atoms with Crippen LogP contribution in [0.5, 0.6) is 0 Å². The standard InChI is InChI=1S/C14H29N3O4S/c1-14(2,22(4,18)19)11-17-13(15-3)16-7-5-8-21-12-6-9-20-10-12/h12H,5-11H2,1-4H3,(H2,15,16,17). The molecule has 22 heavy (non-hydrogen) atoms. The summed E-state index contributed by atoms with van der Waals surface area (Å²) in [7, 11) is -1.46. The summed E-state index contributed by atoms with van der Waals surface area (Å²) >= 11 is 0. The number of sulfone groups is 1. The van der Waals surface area contributed by atoms with Crippen molar-refractivity contribution >= 4 is 15.8 Å². The predicted octanol–water partition coefficient (Wildman–Crippen LogP) is 0.170. The van der Waals surface area contributed by atoms with Crippen LogP contribution in [0.1, 0.15) is 26.7 Å². The van der Waals surface area contributed by atoms with E-state index in [2.05, 4.69) is 15.6 Å². The first-order chi connectivity index (χ1) is 10.3. The van der Waals surface area contributed by atoms with Crippen molar-refractivity contribution in [2.75, 3.05) is 46.2 Å². The molecule has 2 N–H and O–H groups in total. The van der Waals surface area contributed by atoms with Crippen molar-refractivity contribution in [1.29, 1.82) is 0 Å². The van der Waals surface area contributed by atoms with Gasteiger partial charge in [-0.25, -0.2) is 8.42 Å². The zero-order valence-corrected chi connectivity index (χ0v) is 14.8. The fraction of sp³-hybridized carbons (Fsp3) is 0.929. The fourth-order valence-electron chi connectivity index (χ4n) is 1.82. The summed E-state index contributed by atoms with van der Waals surface area (Å²) in [4.78, 5) is 4.09. The Morgan fingerprint density at radius 1 is 1.41 bits per heavy atom. The average Bonchev–Trinajstić information content (AvgIpc) is 2.93. The third-order valence-corrected chi connectivity index (χ3v) is 5.92. The minimum atomic E-state index is -3.12. The highest BCUT2D eigenvalue weighted by molar-refractivity contribution is 7.92. The third-order valence-electron chi connectivity index (χ3n) is 3.76. The molecule has 1 atom stereocenters. The molecule has 0 bridgehead atoms. The first kappa shape index (κ1) is 19.2. The molecule has 0 amide bonds. The van der Waals surface area contributed by atoms with Gasteiger partial charge in [0.25, 0.3) is 0 Å². The second-order valence-electron chi connectivity index (χ2n) is 6.09. The average molecular weight is 335 g/mol. The second kappa shape index (κ2) is 8.69. The number of hydrogen-bond donors (Lipinski definition) is 2. The molecule has 0 aromatic carbocycles. The van der Waals surface area contributed by atoms with E-state index < -0.39 is 14.6 Å².